The number of benzene rings is 2. The Morgan fingerprint density at radius 3 is 2.24 bits per heavy atom. The molecule has 0 N–H and O–H groups in total. The van der Waals surface area contributed by atoms with Crippen LogP contribution in [0.3, 0.4) is 0 Å². The molecule has 0 unspecified atom stereocenters. The Morgan fingerprint density at radius 1 is 0.905 bits per heavy atom. The third-order valence-corrected chi connectivity index (χ3v) is 3.99. The number of halogens is 1. The summed E-state index contributed by atoms with van der Waals surface area (Å²) in [4.78, 5) is 2.50. The smallest absolute Gasteiger partial charge is 0.123 e. The molecule has 108 valence electrons. The molecule has 0 amide bonds. The number of hydrogen-bond donors (Lipinski definition) is 0. The van der Waals surface area contributed by atoms with Gasteiger partial charge in [-0.2, -0.15) is 0 Å². The molecule has 0 radical (unpaired) electrons. The maximum absolute atomic E-state index is 12.9. The molecule has 1 aliphatic rings. The number of rotatable bonds is 3. The predicted molar refractivity (Wildman–Crippen MR) is 85.3 cm³/mol. The molecule has 3 rings (SSSR count). The summed E-state index contributed by atoms with van der Waals surface area (Å²) in [5.41, 5.74) is 3.94. The van der Waals surface area contributed by atoms with Crippen molar-refractivity contribution in [3.05, 3.63) is 77.1 Å². The molecule has 0 saturated carbocycles. The third-order valence-electron chi connectivity index (χ3n) is 3.99. The monoisotopic (exact) mass is 281 g/mol. The van der Waals surface area contributed by atoms with Crippen LogP contribution in [0.2, 0.25) is 0 Å². The van der Waals surface area contributed by atoms with E-state index in [2.05, 4.69) is 41.3 Å². The SMILES string of the molecule is Fc1ccc(C=C2CCN(Cc3ccccc3)CC2)cc1. The van der Waals surface area contributed by atoms with E-state index in [0.717, 1.165) is 38.0 Å². The molecule has 0 aliphatic carbocycles. The standard InChI is InChI=1S/C19H20FN/c20-19-8-6-16(7-9-19)14-17-10-12-21(13-11-17)15-18-4-2-1-3-5-18/h1-9,14H,10-13,15H2. The van der Waals surface area contributed by atoms with Crippen LogP contribution >= 0.6 is 0 Å². The van der Waals surface area contributed by atoms with Gasteiger partial charge in [0.05, 0.1) is 0 Å². The summed E-state index contributed by atoms with van der Waals surface area (Å²) in [6.45, 7) is 3.23. The van der Waals surface area contributed by atoms with Crippen molar-refractivity contribution < 1.29 is 4.39 Å². The Labute approximate surface area is 125 Å². The average molecular weight is 281 g/mol. The highest BCUT2D eigenvalue weighted by Crippen LogP contribution is 2.21. The van der Waals surface area contributed by atoms with Crippen molar-refractivity contribution in [1.82, 2.24) is 4.90 Å². The van der Waals surface area contributed by atoms with Gasteiger partial charge in [0.15, 0.2) is 0 Å². The van der Waals surface area contributed by atoms with Gasteiger partial charge in [-0.1, -0.05) is 54.1 Å². The van der Waals surface area contributed by atoms with Crippen molar-refractivity contribution in [2.45, 2.75) is 19.4 Å². The molecule has 1 heterocycles. The fourth-order valence-electron chi connectivity index (χ4n) is 2.78. The Morgan fingerprint density at radius 2 is 1.57 bits per heavy atom. The van der Waals surface area contributed by atoms with E-state index in [1.165, 1.54) is 23.3 Å². The molecule has 1 nitrogen and oxygen atoms in total. The molecule has 21 heavy (non-hydrogen) atoms. The quantitative estimate of drug-likeness (QED) is 0.800. The Kier molecular flexibility index (Phi) is 4.46. The molecule has 2 aromatic rings. The molecule has 1 saturated heterocycles. The first-order valence-electron chi connectivity index (χ1n) is 7.51. The van der Waals surface area contributed by atoms with Gasteiger partial charge in [-0.25, -0.2) is 4.39 Å². The van der Waals surface area contributed by atoms with Crippen molar-refractivity contribution in [2.24, 2.45) is 0 Å². The van der Waals surface area contributed by atoms with Gasteiger partial charge in [0.1, 0.15) is 5.82 Å². The lowest BCUT2D eigenvalue weighted by Gasteiger charge is -2.28. The van der Waals surface area contributed by atoms with Crippen LogP contribution in [-0.2, 0) is 6.54 Å². The van der Waals surface area contributed by atoms with Gasteiger partial charge >= 0.3 is 0 Å². The van der Waals surface area contributed by atoms with Gasteiger partial charge < -0.3 is 0 Å². The zero-order valence-corrected chi connectivity index (χ0v) is 12.1. The lowest BCUT2D eigenvalue weighted by molar-refractivity contribution is 0.249. The Balaban J connectivity index is 1.56. The van der Waals surface area contributed by atoms with Crippen LogP contribution in [0.4, 0.5) is 4.39 Å². The van der Waals surface area contributed by atoms with E-state index < -0.39 is 0 Å². The van der Waals surface area contributed by atoms with Gasteiger partial charge in [0, 0.05) is 19.6 Å². The molecule has 2 aromatic carbocycles. The van der Waals surface area contributed by atoms with E-state index in [0.29, 0.717) is 0 Å². The zero-order valence-electron chi connectivity index (χ0n) is 12.1. The van der Waals surface area contributed by atoms with Crippen LogP contribution in [0.15, 0.2) is 60.2 Å². The summed E-state index contributed by atoms with van der Waals surface area (Å²) >= 11 is 0. The highest BCUT2D eigenvalue weighted by atomic mass is 19.1. The molecule has 1 aliphatic heterocycles. The van der Waals surface area contributed by atoms with E-state index >= 15 is 0 Å². The first kappa shape index (κ1) is 14.0. The fraction of sp³-hybridized carbons (Fsp3) is 0.263. The van der Waals surface area contributed by atoms with Crippen LogP contribution in [0.25, 0.3) is 6.08 Å². The number of likely N-dealkylation sites (tertiary alicyclic amines) is 1. The fourth-order valence-corrected chi connectivity index (χ4v) is 2.78. The van der Waals surface area contributed by atoms with Crippen molar-refractivity contribution in [3.63, 3.8) is 0 Å². The summed E-state index contributed by atoms with van der Waals surface area (Å²) in [5.74, 6) is -0.171. The average Bonchev–Trinajstić information content (AvgIpc) is 2.53. The minimum Gasteiger partial charge on any atom is -0.298 e. The van der Waals surface area contributed by atoms with Crippen LogP contribution in [0.1, 0.15) is 24.0 Å². The van der Waals surface area contributed by atoms with E-state index in [-0.39, 0.29) is 5.82 Å². The summed E-state index contributed by atoms with van der Waals surface area (Å²) in [6.07, 6.45) is 4.41. The maximum atomic E-state index is 12.9. The van der Waals surface area contributed by atoms with Gasteiger partial charge in [-0.3, -0.25) is 4.90 Å². The van der Waals surface area contributed by atoms with E-state index in [9.17, 15) is 4.39 Å². The van der Waals surface area contributed by atoms with Crippen LogP contribution in [-0.4, -0.2) is 18.0 Å². The van der Waals surface area contributed by atoms with Crippen LogP contribution < -0.4 is 0 Å². The number of hydrogen-bond acceptors (Lipinski definition) is 1. The summed E-state index contributed by atoms with van der Waals surface area (Å²) < 4.78 is 12.9. The van der Waals surface area contributed by atoms with E-state index in [1.807, 2.05) is 12.1 Å². The second kappa shape index (κ2) is 6.68. The first-order chi connectivity index (χ1) is 10.3. The number of piperidine rings is 1. The van der Waals surface area contributed by atoms with E-state index in [4.69, 9.17) is 0 Å². The molecule has 2 heteroatoms. The van der Waals surface area contributed by atoms with Gasteiger partial charge in [-0.15, -0.1) is 0 Å². The molecule has 1 fully saturated rings. The van der Waals surface area contributed by atoms with Crippen molar-refractivity contribution in [2.75, 3.05) is 13.1 Å². The topological polar surface area (TPSA) is 3.24 Å². The molecule has 0 spiro atoms. The van der Waals surface area contributed by atoms with Gasteiger partial charge in [-0.05, 0) is 36.1 Å². The maximum Gasteiger partial charge on any atom is 0.123 e. The second-order valence-electron chi connectivity index (χ2n) is 5.62. The van der Waals surface area contributed by atoms with Crippen molar-refractivity contribution in [3.8, 4) is 0 Å². The van der Waals surface area contributed by atoms with Gasteiger partial charge in [0.2, 0.25) is 0 Å². The minimum atomic E-state index is -0.171. The molecule has 0 bridgehead atoms. The molecular formula is C19H20FN. The number of nitrogens with zero attached hydrogens (tertiary/aromatic N) is 1. The summed E-state index contributed by atoms with van der Waals surface area (Å²) in [6, 6.07) is 17.4. The molecule has 0 atom stereocenters. The van der Waals surface area contributed by atoms with Crippen LogP contribution in [0.5, 0.6) is 0 Å². The van der Waals surface area contributed by atoms with Crippen molar-refractivity contribution in [1.29, 1.82) is 0 Å². The molecular weight excluding hydrogens is 261 g/mol. The van der Waals surface area contributed by atoms with Crippen molar-refractivity contribution >= 4 is 6.08 Å². The normalized spacial score (nSPS) is 16.0. The highest BCUT2D eigenvalue weighted by molar-refractivity contribution is 5.53. The Hall–Kier alpha value is -1.93. The van der Waals surface area contributed by atoms with Gasteiger partial charge in [0.25, 0.3) is 0 Å². The zero-order chi connectivity index (χ0) is 14.5. The molecule has 0 aromatic heterocycles. The summed E-state index contributed by atoms with van der Waals surface area (Å²) in [5, 5.41) is 0. The first-order valence-corrected chi connectivity index (χ1v) is 7.51. The largest absolute Gasteiger partial charge is 0.298 e. The lowest BCUT2D eigenvalue weighted by atomic mass is 10.0. The highest BCUT2D eigenvalue weighted by Gasteiger charge is 2.13. The lowest BCUT2D eigenvalue weighted by Crippen LogP contribution is -2.30. The second-order valence-corrected chi connectivity index (χ2v) is 5.62. The van der Waals surface area contributed by atoms with E-state index in [1.54, 1.807) is 0 Å². The minimum absolute atomic E-state index is 0.171. The Bertz CT molecular complexity index is 591. The van der Waals surface area contributed by atoms with Crippen LogP contribution in [0, 0.1) is 5.82 Å². The predicted octanol–water partition coefficient (Wildman–Crippen LogP) is 4.51. The summed E-state index contributed by atoms with van der Waals surface area (Å²) in [7, 11) is 0. The third kappa shape index (κ3) is 4.02.